The van der Waals surface area contributed by atoms with Gasteiger partial charge in [-0.3, -0.25) is 0 Å². The van der Waals surface area contributed by atoms with Crippen molar-refractivity contribution in [2.24, 2.45) is 11.1 Å². The molecule has 2 N–H and O–H groups in total. The van der Waals surface area contributed by atoms with Crippen molar-refractivity contribution in [2.45, 2.75) is 57.1 Å². The normalized spacial score (nSPS) is 27.1. The van der Waals surface area contributed by atoms with E-state index in [2.05, 4.69) is 56.8 Å². The SMILES string of the molecule is Cc1ccccc1CSC1CCCC(C)(C)C1N. The predicted molar refractivity (Wildman–Crippen MR) is 81.9 cm³/mol. The summed E-state index contributed by atoms with van der Waals surface area (Å²) in [6.45, 7) is 6.83. The van der Waals surface area contributed by atoms with E-state index in [1.807, 2.05) is 0 Å². The third-order valence-corrected chi connectivity index (χ3v) is 5.76. The van der Waals surface area contributed by atoms with Gasteiger partial charge in [-0.2, -0.15) is 11.8 Å². The molecule has 1 aliphatic carbocycles. The minimum absolute atomic E-state index is 0.307. The smallest absolute Gasteiger partial charge is 0.0211 e. The Kier molecular flexibility index (Phi) is 4.39. The molecule has 2 atom stereocenters. The van der Waals surface area contributed by atoms with Crippen LogP contribution in [0.2, 0.25) is 0 Å². The summed E-state index contributed by atoms with van der Waals surface area (Å²) in [6.07, 6.45) is 3.88. The van der Waals surface area contributed by atoms with Crippen molar-refractivity contribution >= 4 is 11.8 Å². The zero-order valence-electron chi connectivity index (χ0n) is 11.8. The number of hydrogen-bond acceptors (Lipinski definition) is 2. The number of thioether (sulfide) groups is 1. The summed E-state index contributed by atoms with van der Waals surface area (Å²) in [5.41, 5.74) is 9.60. The monoisotopic (exact) mass is 263 g/mol. The van der Waals surface area contributed by atoms with E-state index in [1.165, 1.54) is 30.4 Å². The van der Waals surface area contributed by atoms with Gasteiger partial charge in [0.05, 0.1) is 0 Å². The Morgan fingerprint density at radius 1 is 1.33 bits per heavy atom. The minimum Gasteiger partial charge on any atom is -0.326 e. The quantitative estimate of drug-likeness (QED) is 0.887. The lowest BCUT2D eigenvalue weighted by Crippen LogP contribution is -2.48. The second-order valence-electron chi connectivity index (χ2n) is 6.18. The third kappa shape index (κ3) is 3.10. The zero-order chi connectivity index (χ0) is 13.2. The van der Waals surface area contributed by atoms with E-state index in [0.717, 1.165) is 5.75 Å². The highest BCUT2D eigenvalue weighted by Crippen LogP contribution is 2.40. The van der Waals surface area contributed by atoms with Gasteiger partial charge in [-0.1, -0.05) is 44.5 Å². The lowest BCUT2D eigenvalue weighted by atomic mass is 9.73. The third-order valence-electron chi connectivity index (χ3n) is 4.33. The van der Waals surface area contributed by atoms with Crippen LogP contribution >= 0.6 is 11.8 Å². The molecule has 1 saturated carbocycles. The standard InChI is InChI=1S/C16H25NS/c1-12-7-4-5-8-13(12)11-18-14-9-6-10-16(2,3)15(14)17/h4-5,7-8,14-15H,6,9-11,17H2,1-3H3. The Hall–Kier alpha value is -0.470. The Labute approximate surface area is 116 Å². The molecule has 100 valence electrons. The lowest BCUT2D eigenvalue weighted by molar-refractivity contribution is 0.208. The van der Waals surface area contributed by atoms with E-state index < -0.39 is 0 Å². The summed E-state index contributed by atoms with van der Waals surface area (Å²) >= 11 is 2.05. The van der Waals surface area contributed by atoms with Gasteiger partial charge in [0.2, 0.25) is 0 Å². The van der Waals surface area contributed by atoms with Crippen molar-refractivity contribution in [1.29, 1.82) is 0 Å². The van der Waals surface area contributed by atoms with Gasteiger partial charge >= 0.3 is 0 Å². The van der Waals surface area contributed by atoms with Crippen molar-refractivity contribution in [2.75, 3.05) is 0 Å². The molecule has 0 amide bonds. The predicted octanol–water partition coefficient (Wildman–Crippen LogP) is 4.13. The highest BCUT2D eigenvalue weighted by atomic mass is 32.2. The van der Waals surface area contributed by atoms with Gasteiger partial charge < -0.3 is 5.73 Å². The molecule has 0 heterocycles. The molecule has 1 nitrogen and oxygen atoms in total. The number of nitrogens with two attached hydrogens (primary N) is 1. The topological polar surface area (TPSA) is 26.0 Å². The van der Waals surface area contributed by atoms with Crippen LogP contribution in [0.1, 0.15) is 44.2 Å². The van der Waals surface area contributed by atoms with E-state index in [9.17, 15) is 0 Å². The van der Waals surface area contributed by atoms with E-state index in [4.69, 9.17) is 5.73 Å². The van der Waals surface area contributed by atoms with Crippen LogP contribution in [-0.4, -0.2) is 11.3 Å². The first-order valence-electron chi connectivity index (χ1n) is 6.92. The van der Waals surface area contributed by atoms with Crippen LogP contribution in [0, 0.1) is 12.3 Å². The van der Waals surface area contributed by atoms with Crippen LogP contribution in [0.15, 0.2) is 24.3 Å². The van der Waals surface area contributed by atoms with Gasteiger partial charge in [0.15, 0.2) is 0 Å². The van der Waals surface area contributed by atoms with Gasteiger partial charge in [-0.05, 0) is 36.3 Å². The van der Waals surface area contributed by atoms with Gasteiger partial charge in [0.25, 0.3) is 0 Å². The molecular weight excluding hydrogens is 238 g/mol. The van der Waals surface area contributed by atoms with Crippen molar-refractivity contribution in [3.8, 4) is 0 Å². The van der Waals surface area contributed by atoms with Gasteiger partial charge in [0, 0.05) is 17.0 Å². The molecule has 1 aromatic rings. The molecule has 0 aromatic heterocycles. The highest BCUT2D eigenvalue weighted by molar-refractivity contribution is 7.99. The second-order valence-corrected chi connectivity index (χ2v) is 7.41. The van der Waals surface area contributed by atoms with Gasteiger partial charge in [-0.15, -0.1) is 0 Å². The Morgan fingerprint density at radius 3 is 2.78 bits per heavy atom. The molecule has 0 bridgehead atoms. The Balaban J connectivity index is 1.96. The summed E-state index contributed by atoms with van der Waals surface area (Å²) in [4.78, 5) is 0. The van der Waals surface area contributed by atoms with Crippen LogP contribution in [-0.2, 0) is 5.75 Å². The minimum atomic E-state index is 0.307. The van der Waals surface area contributed by atoms with Crippen LogP contribution in [0.5, 0.6) is 0 Å². The van der Waals surface area contributed by atoms with Crippen LogP contribution in [0.25, 0.3) is 0 Å². The molecule has 2 unspecified atom stereocenters. The highest BCUT2D eigenvalue weighted by Gasteiger charge is 2.36. The second kappa shape index (κ2) is 5.66. The molecule has 0 radical (unpaired) electrons. The summed E-state index contributed by atoms with van der Waals surface area (Å²) in [5, 5.41) is 0.619. The van der Waals surface area contributed by atoms with E-state index in [1.54, 1.807) is 0 Å². The van der Waals surface area contributed by atoms with Crippen molar-refractivity contribution < 1.29 is 0 Å². The van der Waals surface area contributed by atoms with E-state index >= 15 is 0 Å². The fourth-order valence-electron chi connectivity index (χ4n) is 2.76. The first-order valence-corrected chi connectivity index (χ1v) is 7.97. The fourth-order valence-corrected chi connectivity index (χ4v) is 4.39. The van der Waals surface area contributed by atoms with E-state index in [-0.39, 0.29) is 0 Å². The molecule has 1 fully saturated rings. The Morgan fingerprint density at radius 2 is 2.06 bits per heavy atom. The lowest BCUT2D eigenvalue weighted by Gasteiger charge is -2.41. The number of aryl methyl sites for hydroxylation is 1. The first-order chi connectivity index (χ1) is 8.50. The average molecular weight is 263 g/mol. The van der Waals surface area contributed by atoms with Gasteiger partial charge in [-0.25, -0.2) is 0 Å². The molecule has 18 heavy (non-hydrogen) atoms. The van der Waals surface area contributed by atoms with Crippen molar-refractivity contribution in [1.82, 2.24) is 0 Å². The maximum Gasteiger partial charge on any atom is 0.0211 e. The maximum absolute atomic E-state index is 6.44. The number of benzene rings is 1. The molecule has 1 aliphatic rings. The molecule has 2 rings (SSSR count). The zero-order valence-corrected chi connectivity index (χ0v) is 12.6. The molecule has 1 aromatic carbocycles. The van der Waals surface area contributed by atoms with Crippen LogP contribution in [0.4, 0.5) is 0 Å². The number of rotatable bonds is 3. The molecule has 0 spiro atoms. The largest absolute Gasteiger partial charge is 0.326 e. The summed E-state index contributed by atoms with van der Waals surface area (Å²) in [6, 6.07) is 9.01. The molecular formula is C16H25NS. The molecule has 0 aliphatic heterocycles. The van der Waals surface area contributed by atoms with Crippen LogP contribution < -0.4 is 5.73 Å². The average Bonchev–Trinajstić information content (AvgIpc) is 2.33. The maximum atomic E-state index is 6.44. The van der Waals surface area contributed by atoms with E-state index in [0.29, 0.717) is 16.7 Å². The first kappa shape index (κ1) is 14.0. The fraction of sp³-hybridized carbons (Fsp3) is 0.625. The molecule has 2 heteroatoms. The summed E-state index contributed by atoms with van der Waals surface area (Å²) in [5.74, 6) is 1.10. The van der Waals surface area contributed by atoms with Crippen molar-refractivity contribution in [3.63, 3.8) is 0 Å². The van der Waals surface area contributed by atoms with Crippen molar-refractivity contribution in [3.05, 3.63) is 35.4 Å². The Bertz CT molecular complexity index is 400. The van der Waals surface area contributed by atoms with Gasteiger partial charge in [0.1, 0.15) is 0 Å². The van der Waals surface area contributed by atoms with Crippen LogP contribution in [0.3, 0.4) is 0 Å². The molecule has 0 saturated heterocycles. The summed E-state index contributed by atoms with van der Waals surface area (Å²) in [7, 11) is 0. The summed E-state index contributed by atoms with van der Waals surface area (Å²) < 4.78 is 0. The number of hydrogen-bond donors (Lipinski definition) is 1.